The van der Waals surface area contributed by atoms with Crippen molar-refractivity contribution < 1.29 is 19.2 Å². The number of halogens is 2. The zero-order valence-corrected chi connectivity index (χ0v) is 16.0. The summed E-state index contributed by atoms with van der Waals surface area (Å²) in [5, 5.41) is 9.64. The molecule has 27 heavy (non-hydrogen) atoms. The van der Waals surface area contributed by atoms with Crippen LogP contribution in [0.25, 0.3) is 0 Å². The second-order valence-electron chi connectivity index (χ2n) is 5.32. The van der Waals surface area contributed by atoms with Crippen LogP contribution in [0, 0.1) is 0 Å². The lowest BCUT2D eigenvalue weighted by Crippen LogP contribution is -2.26. The molecule has 0 saturated heterocycles. The largest absolute Gasteiger partial charge is 0.495 e. The van der Waals surface area contributed by atoms with Crippen molar-refractivity contribution in [1.82, 2.24) is 0 Å². The first-order valence-corrected chi connectivity index (χ1v) is 8.55. The number of nitrogens with one attached hydrogen (secondary N) is 2. The van der Waals surface area contributed by atoms with Crippen LogP contribution in [0.15, 0.2) is 47.6 Å². The van der Waals surface area contributed by atoms with Crippen LogP contribution in [-0.4, -0.2) is 31.2 Å². The predicted molar refractivity (Wildman–Crippen MR) is 106 cm³/mol. The number of anilines is 2. The molecule has 0 saturated carbocycles. The first-order chi connectivity index (χ1) is 12.9. The zero-order chi connectivity index (χ0) is 19.8. The van der Waals surface area contributed by atoms with Crippen LogP contribution in [0.1, 0.15) is 6.92 Å². The number of amides is 2. The number of oxime groups is 1. The van der Waals surface area contributed by atoms with Crippen molar-refractivity contribution in [2.75, 3.05) is 17.7 Å². The molecule has 2 aromatic carbocycles. The summed E-state index contributed by atoms with van der Waals surface area (Å²) in [7, 11) is 1.47. The Bertz CT molecular complexity index is 858. The van der Waals surface area contributed by atoms with Crippen LogP contribution >= 0.6 is 23.2 Å². The summed E-state index contributed by atoms with van der Waals surface area (Å²) in [6, 6.07) is 11.5. The molecule has 0 radical (unpaired) electrons. The number of benzene rings is 2. The fraction of sp³-hybridized carbons (Fsp3) is 0.167. The lowest BCUT2D eigenvalue weighted by Gasteiger charge is -2.11. The summed E-state index contributed by atoms with van der Waals surface area (Å²) in [4.78, 5) is 28.9. The third kappa shape index (κ3) is 6.47. The number of nitrogens with zero attached hydrogens (tertiary/aromatic N) is 1. The summed E-state index contributed by atoms with van der Waals surface area (Å²) in [6.07, 6.45) is -0.0162. The maximum Gasteiger partial charge on any atom is 0.270 e. The topological polar surface area (TPSA) is 89.0 Å². The van der Waals surface area contributed by atoms with Gasteiger partial charge in [0.15, 0.2) is 0 Å². The second kappa shape index (κ2) is 9.80. The molecule has 0 aliphatic carbocycles. The van der Waals surface area contributed by atoms with E-state index in [2.05, 4.69) is 15.8 Å². The minimum absolute atomic E-state index is 0.383. The van der Waals surface area contributed by atoms with Gasteiger partial charge in [-0.3, -0.25) is 9.59 Å². The van der Waals surface area contributed by atoms with Gasteiger partial charge in [-0.2, -0.15) is 0 Å². The summed E-state index contributed by atoms with van der Waals surface area (Å²) in [6.45, 7) is 1.50. The SMILES string of the molecule is COc1ccc(Cl)cc1NC(=O)/C=N\O[C@H](C)C(=O)Nc1cccc(Cl)c1. The van der Waals surface area contributed by atoms with Crippen molar-refractivity contribution in [2.45, 2.75) is 13.0 Å². The van der Waals surface area contributed by atoms with Gasteiger partial charge in [-0.1, -0.05) is 34.4 Å². The molecule has 1 atom stereocenters. The average molecular weight is 410 g/mol. The maximum atomic E-state index is 12.0. The number of hydrogen-bond donors (Lipinski definition) is 2. The van der Waals surface area contributed by atoms with E-state index in [-0.39, 0.29) is 0 Å². The van der Waals surface area contributed by atoms with Crippen LogP contribution < -0.4 is 15.4 Å². The predicted octanol–water partition coefficient (Wildman–Crippen LogP) is 3.97. The van der Waals surface area contributed by atoms with Gasteiger partial charge in [0.05, 0.1) is 12.8 Å². The van der Waals surface area contributed by atoms with Gasteiger partial charge in [-0.25, -0.2) is 0 Å². The lowest BCUT2D eigenvalue weighted by molar-refractivity contribution is -0.126. The summed E-state index contributed by atoms with van der Waals surface area (Å²) < 4.78 is 5.13. The molecule has 9 heteroatoms. The number of carbonyl (C=O) groups is 2. The molecule has 0 heterocycles. The quantitative estimate of drug-likeness (QED) is 0.534. The van der Waals surface area contributed by atoms with Crippen LogP contribution in [0.2, 0.25) is 10.0 Å². The van der Waals surface area contributed by atoms with E-state index in [0.717, 1.165) is 6.21 Å². The Morgan fingerprint density at radius 1 is 1.11 bits per heavy atom. The molecule has 0 unspecified atom stereocenters. The monoisotopic (exact) mass is 409 g/mol. The van der Waals surface area contributed by atoms with Crippen LogP contribution in [0.3, 0.4) is 0 Å². The first kappa shape index (κ1) is 20.5. The van der Waals surface area contributed by atoms with E-state index in [9.17, 15) is 9.59 Å². The molecule has 2 amide bonds. The van der Waals surface area contributed by atoms with E-state index in [1.165, 1.54) is 20.1 Å². The minimum atomic E-state index is -0.922. The second-order valence-corrected chi connectivity index (χ2v) is 6.19. The van der Waals surface area contributed by atoms with Crippen LogP contribution in [0.5, 0.6) is 5.75 Å². The number of carbonyl (C=O) groups excluding carboxylic acids is 2. The third-order valence-corrected chi connectivity index (χ3v) is 3.74. The Kier molecular flexibility index (Phi) is 7.45. The summed E-state index contributed by atoms with van der Waals surface area (Å²) in [5.41, 5.74) is 0.908. The molecule has 0 aliphatic rings. The molecule has 2 N–H and O–H groups in total. The van der Waals surface area contributed by atoms with Gasteiger partial charge in [0.25, 0.3) is 11.8 Å². The molecule has 2 aromatic rings. The molecule has 0 aromatic heterocycles. The van der Waals surface area contributed by atoms with Crippen molar-refractivity contribution in [3.8, 4) is 5.75 Å². The molecular formula is C18H17Cl2N3O4. The average Bonchev–Trinajstić information content (AvgIpc) is 2.61. The smallest absolute Gasteiger partial charge is 0.270 e. The summed E-state index contributed by atoms with van der Waals surface area (Å²) in [5.74, 6) is -0.569. The van der Waals surface area contributed by atoms with Gasteiger partial charge in [-0.15, -0.1) is 0 Å². The van der Waals surface area contributed by atoms with Gasteiger partial charge in [0.2, 0.25) is 6.10 Å². The van der Waals surface area contributed by atoms with Gasteiger partial charge < -0.3 is 20.2 Å². The maximum absolute atomic E-state index is 12.0. The Labute approximate surface area is 166 Å². The Morgan fingerprint density at radius 2 is 1.85 bits per heavy atom. The summed E-state index contributed by atoms with van der Waals surface area (Å²) >= 11 is 11.8. The van der Waals surface area contributed by atoms with Gasteiger partial charge >= 0.3 is 0 Å². The fourth-order valence-corrected chi connectivity index (χ4v) is 2.33. The molecule has 0 spiro atoms. The zero-order valence-electron chi connectivity index (χ0n) is 14.5. The normalized spacial score (nSPS) is 11.7. The highest BCUT2D eigenvalue weighted by molar-refractivity contribution is 6.33. The highest BCUT2D eigenvalue weighted by Gasteiger charge is 2.14. The van der Waals surface area contributed by atoms with Gasteiger partial charge in [-0.05, 0) is 43.3 Å². The molecule has 7 nitrogen and oxygen atoms in total. The van der Waals surface area contributed by atoms with E-state index in [1.54, 1.807) is 36.4 Å². The Hall–Kier alpha value is -2.77. The Balaban J connectivity index is 1.87. The van der Waals surface area contributed by atoms with Crippen molar-refractivity contribution >= 4 is 52.6 Å². The number of methoxy groups -OCH3 is 1. The van der Waals surface area contributed by atoms with Crippen molar-refractivity contribution in [2.24, 2.45) is 5.16 Å². The van der Waals surface area contributed by atoms with Crippen molar-refractivity contribution in [3.05, 3.63) is 52.5 Å². The number of ether oxygens (including phenoxy) is 1. The molecule has 0 aliphatic heterocycles. The Morgan fingerprint density at radius 3 is 2.56 bits per heavy atom. The van der Waals surface area contributed by atoms with Gasteiger partial charge in [0.1, 0.15) is 12.0 Å². The van der Waals surface area contributed by atoms with Crippen LogP contribution in [-0.2, 0) is 14.4 Å². The van der Waals surface area contributed by atoms with Crippen LogP contribution in [0.4, 0.5) is 11.4 Å². The van der Waals surface area contributed by atoms with Crippen molar-refractivity contribution in [1.29, 1.82) is 0 Å². The number of rotatable bonds is 7. The molecular weight excluding hydrogens is 393 g/mol. The van der Waals surface area contributed by atoms with E-state index in [1.807, 2.05) is 0 Å². The van der Waals surface area contributed by atoms with Crippen molar-refractivity contribution in [3.63, 3.8) is 0 Å². The highest BCUT2D eigenvalue weighted by Crippen LogP contribution is 2.27. The van der Waals surface area contributed by atoms with E-state index in [0.29, 0.717) is 27.2 Å². The van der Waals surface area contributed by atoms with E-state index in [4.69, 9.17) is 32.8 Å². The molecule has 142 valence electrons. The highest BCUT2D eigenvalue weighted by atomic mass is 35.5. The van der Waals surface area contributed by atoms with E-state index >= 15 is 0 Å². The number of hydrogen-bond acceptors (Lipinski definition) is 5. The van der Waals surface area contributed by atoms with E-state index < -0.39 is 17.9 Å². The molecule has 0 fully saturated rings. The molecule has 2 rings (SSSR count). The lowest BCUT2D eigenvalue weighted by atomic mass is 10.3. The third-order valence-electron chi connectivity index (χ3n) is 3.27. The molecule has 0 bridgehead atoms. The first-order valence-electron chi connectivity index (χ1n) is 7.79. The standard InChI is InChI=1S/C18H17Cl2N3O4/c1-11(18(25)22-14-5-3-4-12(19)8-14)27-21-10-17(24)23-15-9-13(20)6-7-16(15)26-2/h3-11H,1-2H3,(H,22,25)(H,23,24)/b21-10-/t11-/m1/s1. The van der Waals surface area contributed by atoms with Gasteiger partial charge in [0, 0.05) is 15.7 Å². The minimum Gasteiger partial charge on any atom is -0.495 e. The fourth-order valence-electron chi connectivity index (χ4n) is 1.97.